The molecule has 0 aliphatic heterocycles. The monoisotopic (exact) mass is 398 g/mol. The number of amides is 1. The van der Waals surface area contributed by atoms with Crippen molar-refractivity contribution in [2.45, 2.75) is 6.61 Å². The lowest BCUT2D eigenvalue weighted by atomic mass is 10.2. The maximum Gasteiger partial charge on any atom is 0.295 e. The van der Waals surface area contributed by atoms with Gasteiger partial charge in [-0.15, -0.1) is 0 Å². The molecule has 0 unspecified atom stereocenters. The van der Waals surface area contributed by atoms with Gasteiger partial charge in [-0.2, -0.15) is 4.73 Å². The second-order valence-corrected chi connectivity index (χ2v) is 5.98. The molecular formula is C21H19FN2O5. The molecular weight excluding hydrogens is 379 g/mol. The van der Waals surface area contributed by atoms with Gasteiger partial charge in [0, 0.05) is 18.0 Å². The molecule has 0 saturated heterocycles. The van der Waals surface area contributed by atoms with E-state index in [-0.39, 0.29) is 18.0 Å². The number of aromatic nitrogens is 1. The summed E-state index contributed by atoms with van der Waals surface area (Å²) in [4.78, 5) is 30.6. The number of methoxy groups -OCH3 is 2. The van der Waals surface area contributed by atoms with Crippen molar-refractivity contribution < 1.29 is 23.5 Å². The fourth-order valence-corrected chi connectivity index (χ4v) is 2.59. The van der Waals surface area contributed by atoms with Crippen LogP contribution in [0.3, 0.4) is 0 Å². The summed E-state index contributed by atoms with van der Waals surface area (Å²) in [6.45, 7) is 0.0426. The predicted octanol–water partition coefficient (Wildman–Crippen LogP) is 2.89. The molecule has 7 nitrogen and oxygen atoms in total. The molecule has 0 saturated carbocycles. The zero-order valence-corrected chi connectivity index (χ0v) is 15.8. The van der Waals surface area contributed by atoms with Gasteiger partial charge < -0.3 is 19.6 Å². The summed E-state index contributed by atoms with van der Waals surface area (Å²) in [7, 11) is 2.99. The topological polar surface area (TPSA) is 78.8 Å². The Labute approximate surface area is 166 Å². The molecule has 0 aliphatic carbocycles. The van der Waals surface area contributed by atoms with Gasteiger partial charge in [0.15, 0.2) is 11.5 Å². The second-order valence-electron chi connectivity index (χ2n) is 5.98. The van der Waals surface area contributed by atoms with E-state index < -0.39 is 11.5 Å². The van der Waals surface area contributed by atoms with Crippen molar-refractivity contribution in [3.05, 3.63) is 88.1 Å². The van der Waals surface area contributed by atoms with E-state index in [1.54, 1.807) is 30.3 Å². The summed E-state index contributed by atoms with van der Waals surface area (Å²) >= 11 is 0. The molecule has 1 amide bonds. The van der Waals surface area contributed by atoms with E-state index in [0.717, 1.165) is 4.73 Å². The van der Waals surface area contributed by atoms with Gasteiger partial charge in [-0.05, 0) is 42.0 Å². The molecule has 0 atom stereocenters. The van der Waals surface area contributed by atoms with Crippen molar-refractivity contribution in [3.63, 3.8) is 0 Å². The van der Waals surface area contributed by atoms with E-state index in [2.05, 4.69) is 5.32 Å². The van der Waals surface area contributed by atoms with Gasteiger partial charge in [0.05, 0.1) is 14.2 Å². The number of halogens is 1. The third kappa shape index (κ3) is 4.73. The molecule has 0 fully saturated rings. The van der Waals surface area contributed by atoms with Crippen LogP contribution in [-0.2, 0) is 6.61 Å². The fourth-order valence-electron chi connectivity index (χ4n) is 2.59. The number of rotatable bonds is 7. The van der Waals surface area contributed by atoms with Crippen molar-refractivity contribution in [2.75, 3.05) is 19.5 Å². The van der Waals surface area contributed by atoms with Crippen LogP contribution < -0.4 is 25.2 Å². The number of carbonyl (C=O) groups is 1. The first-order valence-electron chi connectivity index (χ1n) is 8.64. The van der Waals surface area contributed by atoms with Gasteiger partial charge in [-0.3, -0.25) is 9.59 Å². The van der Waals surface area contributed by atoms with Crippen molar-refractivity contribution in [3.8, 4) is 11.5 Å². The normalized spacial score (nSPS) is 10.3. The minimum Gasteiger partial charge on any atom is -0.493 e. The molecule has 29 heavy (non-hydrogen) atoms. The number of nitrogens with zero attached hydrogens (tertiary/aromatic N) is 1. The van der Waals surface area contributed by atoms with E-state index in [4.69, 9.17) is 14.3 Å². The molecule has 3 rings (SSSR count). The Morgan fingerprint density at radius 3 is 2.45 bits per heavy atom. The Kier molecular flexibility index (Phi) is 6.13. The van der Waals surface area contributed by atoms with Crippen LogP contribution in [0.25, 0.3) is 0 Å². The summed E-state index contributed by atoms with van der Waals surface area (Å²) < 4.78 is 24.3. The summed E-state index contributed by atoms with van der Waals surface area (Å²) in [5, 5.41) is 2.65. The molecule has 8 heteroatoms. The highest BCUT2D eigenvalue weighted by molar-refractivity contribution is 6.04. The quantitative estimate of drug-likeness (QED) is 0.662. The number of hydrogen-bond donors (Lipinski definition) is 1. The van der Waals surface area contributed by atoms with Crippen LogP contribution in [0.5, 0.6) is 11.5 Å². The lowest BCUT2D eigenvalue weighted by molar-refractivity contribution is 0.0863. The average molecular weight is 398 g/mol. The summed E-state index contributed by atoms with van der Waals surface area (Å²) in [5.41, 5.74) is 0.405. The smallest absolute Gasteiger partial charge is 0.295 e. The molecule has 1 aromatic heterocycles. The lowest BCUT2D eigenvalue weighted by Crippen LogP contribution is -2.32. The second kappa shape index (κ2) is 8.92. The summed E-state index contributed by atoms with van der Waals surface area (Å²) in [6.07, 6.45) is 1.40. The molecule has 1 heterocycles. The average Bonchev–Trinajstić information content (AvgIpc) is 2.74. The molecule has 3 aromatic rings. The van der Waals surface area contributed by atoms with Crippen LogP contribution in [0.2, 0.25) is 0 Å². The Morgan fingerprint density at radius 1 is 1.03 bits per heavy atom. The third-order valence-corrected chi connectivity index (χ3v) is 4.08. The Bertz CT molecular complexity index is 1060. The molecule has 150 valence electrons. The SMILES string of the molecule is COc1ccc(NC(=O)c2cccn(OCc3ccc(F)cc3)c2=O)cc1OC. The molecule has 0 bridgehead atoms. The maximum atomic E-state index is 13.0. The number of carbonyl (C=O) groups excluding carboxylic acids is 1. The zero-order chi connectivity index (χ0) is 20.8. The Hall–Kier alpha value is -3.81. The van der Waals surface area contributed by atoms with Crippen LogP contribution in [0.15, 0.2) is 65.6 Å². The van der Waals surface area contributed by atoms with E-state index >= 15 is 0 Å². The van der Waals surface area contributed by atoms with E-state index in [1.165, 1.54) is 44.7 Å². The van der Waals surface area contributed by atoms with Gasteiger partial charge in [0.25, 0.3) is 11.5 Å². The van der Waals surface area contributed by atoms with Crippen LogP contribution in [-0.4, -0.2) is 24.9 Å². The maximum absolute atomic E-state index is 13.0. The van der Waals surface area contributed by atoms with Crippen LogP contribution in [0, 0.1) is 5.82 Å². The zero-order valence-electron chi connectivity index (χ0n) is 15.8. The molecule has 1 N–H and O–H groups in total. The highest BCUT2D eigenvalue weighted by Crippen LogP contribution is 2.29. The minimum absolute atomic E-state index is 0.0426. The molecule has 0 radical (unpaired) electrons. The summed E-state index contributed by atoms with van der Waals surface area (Å²) in [5.74, 6) is 0.00172. The van der Waals surface area contributed by atoms with Crippen LogP contribution in [0.1, 0.15) is 15.9 Å². The largest absolute Gasteiger partial charge is 0.493 e. The standard InChI is InChI=1S/C21H19FN2O5/c1-27-18-10-9-16(12-19(18)28-2)23-20(25)17-4-3-11-24(21(17)26)29-13-14-5-7-15(22)8-6-14/h3-12H,13H2,1-2H3,(H,23,25). The van der Waals surface area contributed by atoms with Gasteiger partial charge in [0.2, 0.25) is 0 Å². The minimum atomic E-state index is -0.618. The van der Waals surface area contributed by atoms with E-state index in [1.807, 2.05) is 0 Å². The molecule has 0 spiro atoms. The number of nitrogens with one attached hydrogen (secondary N) is 1. The van der Waals surface area contributed by atoms with Crippen LogP contribution in [0.4, 0.5) is 10.1 Å². The van der Waals surface area contributed by atoms with Gasteiger partial charge in [-0.1, -0.05) is 12.1 Å². The highest BCUT2D eigenvalue weighted by Gasteiger charge is 2.14. The predicted molar refractivity (Wildman–Crippen MR) is 105 cm³/mol. The first-order valence-corrected chi connectivity index (χ1v) is 8.64. The molecule has 0 aliphatic rings. The number of ether oxygens (including phenoxy) is 2. The van der Waals surface area contributed by atoms with Gasteiger partial charge in [-0.25, -0.2) is 4.39 Å². The first kappa shape index (κ1) is 19.9. The number of anilines is 1. The fraction of sp³-hybridized carbons (Fsp3) is 0.143. The van der Waals surface area contributed by atoms with Crippen LogP contribution >= 0.6 is 0 Å². The number of benzene rings is 2. The van der Waals surface area contributed by atoms with Crippen molar-refractivity contribution in [1.82, 2.24) is 4.73 Å². The summed E-state index contributed by atoms with van der Waals surface area (Å²) in [6, 6.07) is 13.5. The number of pyridine rings is 1. The van der Waals surface area contributed by atoms with Gasteiger partial charge >= 0.3 is 0 Å². The van der Waals surface area contributed by atoms with Gasteiger partial charge in [0.1, 0.15) is 18.0 Å². The lowest BCUT2D eigenvalue weighted by Gasteiger charge is -2.12. The first-order chi connectivity index (χ1) is 14.0. The Morgan fingerprint density at radius 2 is 1.76 bits per heavy atom. The highest BCUT2D eigenvalue weighted by atomic mass is 19.1. The Balaban J connectivity index is 1.75. The third-order valence-electron chi connectivity index (χ3n) is 4.08. The molecule has 2 aromatic carbocycles. The van der Waals surface area contributed by atoms with Crippen molar-refractivity contribution in [2.24, 2.45) is 0 Å². The van der Waals surface area contributed by atoms with E-state index in [9.17, 15) is 14.0 Å². The van der Waals surface area contributed by atoms with Crippen molar-refractivity contribution in [1.29, 1.82) is 0 Å². The van der Waals surface area contributed by atoms with Crippen molar-refractivity contribution >= 4 is 11.6 Å². The van der Waals surface area contributed by atoms with E-state index in [0.29, 0.717) is 22.7 Å². The number of hydrogen-bond acceptors (Lipinski definition) is 5.